The molecule has 1 atom stereocenters. The van der Waals surface area contributed by atoms with Gasteiger partial charge in [0.1, 0.15) is 6.10 Å². The second-order valence-electron chi connectivity index (χ2n) is 5.03. The van der Waals surface area contributed by atoms with E-state index in [2.05, 4.69) is 36.3 Å². The lowest BCUT2D eigenvalue weighted by molar-refractivity contribution is -0.126. The van der Waals surface area contributed by atoms with Crippen LogP contribution in [0.3, 0.4) is 0 Å². The fourth-order valence-electron chi connectivity index (χ4n) is 1.93. The largest absolute Gasteiger partial charge is 0.369 e. The van der Waals surface area contributed by atoms with Gasteiger partial charge in [-0.1, -0.05) is 37.7 Å². The highest BCUT2D eigenvalue weighted by Gasteiger charge is 2.15. The molecule has 114 valence electrons. The number of benzene rings is 1. The van der Waals surface area contributed by atoms with E-state index in [-0.39, 0.29) is 5.91 Å². The second kappa shape index (κ2) is 7.52. The Morgan fingerprint density at radius 1 is 1.43 bits per heavy atom. The summed E-state index contributed by atoms with van der Waals surface area (Å²) in [6, 6.07) is 6.20. The third-order valence-electron chi connectivity index (χ3n) is 3.33. The summed E-state index contributed by atoms with van der Waals surface area (Å²) in [5.74, 6) is -0.138. The summed E-state index contributed by atoms with van der Waals surface area (Å²) in [7, 11) is 0. The minimum absolute atomic E-state index is 0.138. The third-order valence-corrected chi connectivity index (χ3v) is 4.26. The molecule has 0 saturated carbocycles. The molecule has 0 radical (unpaired) electrons. The van der Waals surface area contributed by atoms with Crippen LogP contribution >= 0.6 is 11.3 Å². The molecule has 0 aliphatic carbocycles. The quantitative estimate of drug-likeness (QED) is 0.787. The van der Waals surface area contributed by atoms with Crippen LogP contribution in [0.2, 0.25) is 0 Å². The number of carbonyl (C=O) groups excluding carboxylic acids is 1. The van der Waals surface area contributed by atoms with Crippen LogP contribution in [0, 0.1) is 0 Å². The molecule has 0 spiro atoms. The lowest BCUT2D eigenvalue weighted by Gasteiger charge is -2.11. The summed E-state index contributed by atoms with van der Waals surface area (Å²) in [6.45, 7) is 6.61. The highest BCUT2D eigenvalue weighted by atomic mass is 32.1. The van der Waals surface area contributed by atoms with Gasteiger partial charge in [0.15, 0.2) is 5.13 Å². The topological polar surface area (TPSA) is 51.2 Å². The molecule has 0 fully saturated rings. The Kier molecular flexibility index (Phi) is 5.70. The van der Waals surface area contributed by atoms with Crippen LogP contribution in [0.25, 0.3) is 10.2 Å². The van der Waals surface area contributed by atoms with Crippen LogP contribution in [0.1, 0.15) is 39.2 Å². The van der Waals surface area contributed by atoms with E-state index in [1.54, 1.807) is 6.92 Å². The van der Waals surface area contributed by atoms with Gasteiger partial charge in [-0.25, -0.2) is 4.98 Å². The smallest absolute Gasteiger partial charge is 0.254 e. The average molecular weight is 306 g/mol. The standard InChI is InChI=1S/C16H22N2O2S/c1-4-6-9-20-11(3)15(19)18-16-17-13-8-7-12(5-2)10-14(13)21-16/h7-8,10-11H,4-6,9H2,1-3H3,(H,17,18,19)/t11-/m0/s1. The zero-order valence-electron chi connectivity index (χ0n) is 12.8. The van der Waals surface area contributed by atoms with E-state index < -0.39 is 6.10 Å². The van der Waals surface area contributed by atoms with Crippen molar-refractivity contribution in [2.24, 2.45) is 0 Å². The molecule has 0 unspecified atom stereocenters. The maximum absolute atomic E-state index is 12.0. The summed E-state index contributed by atoms with van der Waals surface area (Å²) in [6.07, 6.45) is 2.58. The fourth-order valence-corrected chi connectivity index (χ4v) is 2.86. The number of ether oxygens (including phenoxy) is 1. The Morgan fingerprint density at radius 2 is 2.24 bits per heavy atom. The zero-order valence-corrected chi connectivity index (χ0v) is 13.6. The molecule has 2 aromatic rings. The number of hydrogen-bond acceptors (Lipinski definition) is 4. The molecule has 1 heterocycles. The number of anilines is 1. The van der Waals surface area contributed by atoms with Crippen molar-refractivity contribution < 1.29 is 9.53 Å². The first-order valence-electron chi connectivity index (χ1n) is 7.46. The number of fused-ring (bicyclic) bond motifs is 1. The molecule has 5 heteroatoms. The van der Waals surface area contributed by atoms with Crippen LogP contribution in [0.15, 0.2) is 18.2 Å². The number of aryl methyl sites for hydroxylation is 1. The number of unbranched alkanes of at least 4 members (excludes halogenated alkanes) is 1. The molecule has 0 aliphatic heterocycles. The highest BCUT2D eigenvalue weighted by molar-refractivity contribution is 7.22. The monoisotopic (exact) mass is 306 g/mol. The summed E-state index contributed by atoms with van der Waals surface area (Å²) in [4.78, 5) is 16.5. The number of nitrogens with zero attached hydrogens (tertiary/aromatic N) is 1. The second-order valence-corrected chi connectivity index (χ2v) is 6.06. The minimum Gasteiger partial charge on any atom is -0.369 e. The molecule has 1 aromatic heterocycles. The number of amides is 1. The lowest BCUT2D eigenvalue weighted by atomic mass is 10.2. The molecule has 1 aromatic carbocycles. The van der Waals surface area contributed by atoms with Crippen molar-refractivity contribution in [3.8, 4) is 0 Å². The highest BCUT2D eigenvalue weighted by Crippen LogP contribution is 2.27. The Morgan fingerprint density at radius 3 is 2.95 bits per heavy atom. The van der Waals surface area contributed by atoms with Gasteiger partial charge in [0.05, 0.1) is 10.2 Å². The Hall–Kier alpha value is -1.46. The Bertz CT molecular complexity index is 609. The average Bonchev–Trinajstić information content (AvgIpc) is 2.88. The van der Waals surface area contributed by atoms with Crippen LogP contribution in [0.5, 0.6) is 0 Å². The normalized spacial score (nSPS) is 12.5. The SMILES string of the molecule is CCCCO[C@@H](C)C(=O)Nc1nc2ccc(CC)cc2s1. The summed E-state index contributed by atoms with van der Waals surface area (Å²) >= 11 is 1.50. The molecule has 21 heavy (non-hydrogen) atoms. The fraction of sp³-hybridized carbons (Fsp3) is 0.500. The summed E-state index contributed by atoms with van der Waals surface area (Å²) < 4.78 is 6.59. The molecule has 0 saturated heterocycles. The van der Waals surface area contributed by atoms with Crippen molar-refractivity contribution >= 4 is 32.6 Å². The van der Waals surface area contributed by atoms with Crippen molar-refractivity contribution in [2.45, 2.75) is 46.1 Å². The summed E-state index contributed by atoms with van der Waals surface area (Å²) in [5, 5.41) is 3.47. The number of carbonyl (C=O) groups is 1. The third kappa shape index (κ3) is 4.25. The van der Waals surface area contributed by atoms with Gasteiger partial charge in [0.25, 0.3) is 5.91 Å². The maximum Gasteiger partial charge on any atom is 0.254 e. The van der Waals surface area contributed by atoms with Crippen LogP contribution < -0.4 is 5.32 Å². The van der Waals surface area contributed by atoms with Crippen LogP contribution in [0.4, 0.5) is 5.13 Å². The van der Waals surface area contributed by atoms with Gasteiger partial charge < -0.3 is 4.74 Å². The van der Waals surface area contributed by atoms with E-state index in [1.807, 2.05) is 6.07 Å². The molecular formula is C16H22N2O2S. The van der Waals surface area contributed by atoms with Gasteiger partial charge in [-0.15, -0.1) is 0 Å². The molecule has 1 amide bonds. The van der Waals surface area contributed by atoms with Gasteiger partial charge in [0, 0.05) is 6.61 Å². The molecular weight excluding hydrogens is 284 g/mol. The summed E-state index contributed by atoms with van der Waals surface area (Å²) in [5.41, 5.74) is 2.20. The van der Waals surface area contributed by atoms with Crippen molar-refractivity contribution in [1.29, 1.82) is 0 Å². The van der Waals surface area contributed by atoms with E-state index in [4.69, 9.17) is 4.74 Å². The van der Waals surface area contributed by atoms with Crippen LogP contribution in [-0.2, 0) is 16.0 Å². The van der Waals surface area contributed by atoms with Crippen molar-refractivity contribution in [3.05, 3.63) is 23.8 Å². The lowest BCUT2D eigenvalue weighted by Crippen LogP contribution is -2.27. The van der Waals surface area contributed by atoms with E-state index in [9.17, 15) is 4.79 Å². The minimum atomic E-state index is -0.449. The van der Waals surface area contributed by atoms with Gasteiger partial charge in [-0.3, -0.25) is 10.1 Å². The predicted molar refractivity (Wildman–Crippen MR) is 87.9 cm³/mol. The van der Waals surface area contributed by atoms with Gasteiger partial charge in [-0.2, -0.15) is 0 Å². The zero-order chi connectivity index (χ0) is 15.2. The van der Waals surface area contributed by atoms with Crippen molar-refractivity contribution in [1.82, 2.24) is 4.98 Å². The molecule has 2 rings (SSSR count). The first-order chi connectivity index (χ1) is 10.1. The number of nitrogens with one attached hydrogen (secondary N) is 1. The first kappa shape index (κ1) is 15.9. The molecule has 0 bridgehead atoms. The van der Waals surface area contributed by atoms with Gasteiger partial charge >= 0.3 is 0 Å². The number of aromatic nitrogens is 1. The van der Waals surface area contributed by atoms with Gasteiger partial charge in [-0.05, 0) is 37.5 Å². The number of thiazole rings is 1. The number of hydrogen-bond donors (Lipinski definition) is 1. The van der Waals surface area contributed by atoms with Crippen molar-refractivity contribution in [2.75, 3.05) is 11.9 Å². The molecule has 0 aliphatic rings. The predicted octanol–water partition coefficient (Wildman–Crippen LogP) is 4.00. The van der Waals surface area contributed by atoms with E-state index in [0.717, 1.165) is 29.5 Å². The van der Waals surface area contributed by atoms with E-state index >= 15 is 0 Å². The van der Waals surface area contributed by atoms with E-state index in [1.165, 1.54) is 16.9 Å². The van der Waals surface area contributed by atoms with Crippen molar-refractivity contribution in [3.63, 3.8) is 0 Å². The molecule has 1 N–H and O–H groups in total. The van der Waals surface area contributed by atoms with Crippen LogP contribution in [-0.4, -0.2) is 23.6 Å². The van der Waals surface area contributed by atoms with E-state index in [0.29, 0.717) is 11.7 Å². The van der Waals surface area contributed by atoms with Gasteiger partial charge in [0.2, 0.25) is 0 Å². The Balaban J connectivity index is 2.00. The Labute approximate surface area is 129 Å². The first-order valence-corrected chi connectivity index (χ1v) is 8.27. The molecule has 4 nitrogen and oxygen atoms in total. The maximum atomic E-state index is 12.0. The number of rotatable bonds is 7.